The van der Waals surface area contributed by atoms with Gasteiger partial charge in [0, 0.05) is 17.9 Å². The maximum Gasteiger partial charge on any atom is 0.261 e. The summed E-state index contributed by atoms with van der Waals surface area (Å²) in [6, 6.07) is 13.1. The van der Waals surface area contributed by atoms with Crippen LogP contribution in [-0.4, -0.2) is 55.3 Å². The Morgan fingerprint density at radius 1 is 1.10 bits per heavy atom. The number of ether oxygens (including phenoxy) is 3. The molecule has 8 heteroatoms. The third kappa shape index (κ3) is 7.40. The first-order chi connectivity index (χ1) is 14.9. The SMILES string of the molecule is OCC1CC(O)CC(c2ccc(Cl)c(Cc3ccc(OCCOCC(F)F)cc3)c2)O1. The monoisotopic (exact) mass is 456 g/mol. The van der Waals surface area contributed by atoms with Gasteiger partial charge in [-0.05, 0) is 41.3 Å². The van der Waals surface area contributed by atoms with Gasteiger partial charge in [-0.2, -0.15) is 0 Å². The fourth-order valence-electron chi connectivity index (χ4n) is 3.57. The van der Waals surface area contributed by atoms with Crippen LogP contribution in [0.5, 0.6) is 5.75 Å². The van der Waals surface area contributed by atoms with Crippen molar-refractivity contribution in [2.24, 2.45) is 0 Å². The van der Waals surface area contributed by atoms with Crippen molar-refractivity contribution >= 4 is 11.6 Å². The van der Waals surface area contributed by atoms with Gasteiger partial charge in [0.15, 0.2) is 0 Å². The molecule has 2 aromatic rings. The van der Waals surface area contributed by atoms with Crippen molar-refractivity contribution in [2.45, 2.75) is 44.0 Å². The van der Waals surface area contributed by atoms with E-state index < -0.39 is 19.1 Å². The normalized spacial score (nSPS) is 21.4. The fourth-order valence-corrected chi connectivity index (χ4v) is 3.75. The highest BCUT2D eigenvalue weighted by Gasteiger charge is 2.29. The summed E-state index contributed by atoms with van der Waals surface area (Å²) in [6.07, 6.45) is -2.14. The first-order valence-corrected chi connectivity index (χ1v) is 10.6. The minimum atomic E-state index is -2.48. The second-order valence-corrected chi connectivity index (χ2v) is 7.95. The molecule has 3 unspecified atom stereocenters. The van der Waals surface area contributed by atoms with Crippen molar-refractivity contribution in [3.8, 4) is 5.75 Å². The largest absolute Gasteiger partial charge is 0.491 e. The molecular weight excluding hydrogens is 430 g/mol. The van der Waals surface area contributed by atoms with Gasteiger partial charge in [-0.3, -0.25) is 0 Å². The number of aliphatic hydroxyl groups is 2. The Morgan fingerprint density at radius 3 is 2.58 bits per heavy atom. The van der Waals surface area contributed by atoms with Crippen LogP contribution in [0.4, 0.5) is 8.78 Å². The van der Waals surface area contributed by atoms with Crippen molar-refractivity contribution in [1.82, 2.24) is 0 Å². The smallest absolute Gasteiger partial charge is 0.261 e. The van der Waals surface area contributed by atoms with Gasteiger partial charge in [0.05, 0.1) is 31.5 Å². The molecule has 0 saturated carbocycles. The van der Waals surface area contributed by atoms with E-state index in [1.165, 1.54) is 0 Å². The lowest BCUT2D eigenvalue weighted by atomic mass is 9.94. The minimum absolute atomic E-state index is 0.101. The average Bonchev–Trinajstić information content (AvgIpc) is 2.75. The maximum atomic E-state index is 12.0. The van der Waals surface area contributed by atoms with Gasteiger partial charge in [0.25, 0.3) is 6.43 Å². The molecular formula is C23H27ClF2O5. The van der Waals surface area contributed by atoms with E-state index in [0.29, 0.717) is 30.0 Å². The lowest BCUT2D eigenvalue weighted by molar-refractivity contribution is -0.113. The van der Waals surface area contributed by atoms with Crippen LogP contribution in [0.15, 0.2) is 42.5 Å². The summed E-state index contributed by atoms with van der Waals surface area (Å²) in [5.74, 6) is 0.629. The third-order valence-electron chi connectivity index (χ3n) is 5.08. The highest BCUT2D eigenvalue weighted by molar-refractivity contribution is 6.31. The molecule has 170 valence electrons. The van der Waals surface area contributed by atoms with Gasteiger partial charge >= 0.3 is 0 Å². The van der Waals surface area contributed by atoms with E-state index in [1.54, 1.807) is 0 Å². The number of benzene rings is 2. The molecule has 31 heavy (non-hydrogen) atoms. The Balaban J connectivity index is 1.59. The maximum absolute atomic E-state index is 12.0. The van der Waals surface area contributed by atoms with Crippen molar-refractivity contribution in [1.29, 1.82) is 0 Å². The van der Waals surface area contributed by atoms with Crippen molar-refractivity contribution in [2.75, 3.05) is 26.4 Å². The van der Waals surface area contributed by atoms with Gasteiger partial charge in [0.2, 0.25) is 0 Å². The molecule has 0 spiro atoms. The average molecular weight is 457 g/mol. The molecule has 1 heterocycles. The number of aliphatic hydroxyl groups excluding tert-OH is 2. The van der Waals surface area contributed by atoms with Crippen LogP contribution in [0.25, 0.3) is 0 Å². The van der Waals surface area contributed by atoms with Crippen LogP contribution in [0.3, 0.4) is 0 Å². The molecule has 2 aromatic carbocycles. The minimum Gasteiger partial charge on any atom is -0.491 e. The number of hydrogen-bond acceptors (Lipinski definition) is 5. The van der Waals surface area contributed by atoms with Crippen molar-refractivity contribution in [3.05, 3.63) is 64.2 Å². The first-order valence-electron chi connectivity index (χ1n) is 10.2. The summed E-state index contributed by atoms with van der Waals surface area (Å²) in [4.78, 5) is 0. The van der Waals surface area contributed by atoms with Crippen LogP contribution in [0.1, 0.15) is 35.6 Å². The van der Waals surface area contributed by atoms with E-state index in [9.17, 15) is 19.0 Å². The summed E-state index contributed by atoms with van der Waals surface area (Å²) in [6.45, 7) is -0.417. The molecule has 3 rings (SSSR count). The Bertz CT molecular complexity index is 818. The molecule has 0 aromatic heterocycles. The molecule has 0 bridgehead atoms. The van der Waals surface area contributed by atoms with E-state index in [-0.39, 0.29) is 32.0 Å². The fraction of sp³-hybridized carbons (Fsp3) is 0.478. The molecule has 1 aliphatic heterocycles. The first kappa shape index (κ1) is 23.9. The Hall–Kier alpha value is -1.77. The third-order valence-corrected chi connectivity index (χ3v) is 5.45. The van der Waals surface area contributed by atoms with Crippen LogP contribution in [-0.2, 0) is 15.9 Å². The molecule has 3 atom stereocenters. The molecule has 1 aliphatic rings. The highest BCUT2D eigenvalue weighted by atomic mass is 35.5. The van der Waals surface area contributed by atoms with Crippen LogP contribution in [0, 0.1) is 0 Å². The highest BCUT2D eigenvalue weighted by Crippen LogP contribution is 2.33. The molecule has 0 radical (unpaired) electrons. The molecule has 0 aliphatic carbocycles. The standard InChI is InChI=1S/C23H27ClF2O5/c24-21-6-3-16(22-12-18(28)11-20(13-27)31-22)10-17(21)9-15-1-4-19(5-2-15)30-8-7-29-14-23(25)26/h1-6,10,18,20,22-23,27-28H,7-9,11-14H2. The summed E-state index contributed by atoms with van der Waals surface area (Å²) in [5.41, 5.74) is 2.87. The Labute approximate surface area is 185 Å². The molecule has 5 nitrogen and oxygen atoms in total. The summed E-state index contributed by atoms with van der Waals surface area (Å²) < 4.78 is 40.2. The van der Waals surface area contributed by atoms with Crippen LogP contribution in [0.2, 0.25) is 5.02 Å². The zero-order valence-electron chi connectivity index (χ0n) is 17.1. The van der Waals surface area contributed by atoms with Gasteiger partial charge in [-0.1, -0.05) is 35.9 Å². The predicted molar refractivity (Wildman–Crippen MR) is 113 cm³/mol. The zero-order valence-corrected chi connectivity index (χ0v) is 17.8. The zero-order chi connectivity index (χ0) is 22.2. The summed E-state index contributed by atoms with van der Waals surface area (Å²) >= 11 is 6.40. The topological polar surface area (TPSA) is 68.2 Å². The number of rotatable bonds is 10. The lowest BCUT2D eigenvalue weighted by Gasteiger charge is -2.32. The second kappa shape index (κ2) is 11.7. The van der Waals surface area contributed by atoms with Crippen LogP contribution < -0.4 is 4.74 Å². The summed E-state index contributed by atoms with van der Waals surface area (Å²) in [5, 5.41) is 20.1. The van der Waals surface area contributed by atoms with Gasteiger partial charge in [0.1, 0.15) is 19.0 Å². The Kier molecular flexibility index (Phi) is 9.04. The summed E-state index contributed by atoms with van der Waals surface area (Å²) in [7, 11) is 0. The molecule has 1 saturated heterocycles. The predicted octanol–water partition coefficient (Wildman–Crippen LogP) is 4.16. The quantitative estimate of drug-likeness (QED) is 0.525. The lowest BCUT2D eigenvalue weighted by Crippen LogP contribution is -2.33. The van der Waals surface area contributed by atoms with Crippen LogP contribution >= 0.6 is 11.6 Å². The van der Waals surface area contributed by atoms with E-state index in [4.69, 9.17) is 25.8 Å². The van der Waals surface area contributed by atoms with Crippen molar-refractivity contribution in [3.63, 3.8) is 0 Å². The van der Waals surface area contributed by atoms with Gasteiger partial charge in [-0.15, -0.1) is 0 Å². The molecule has 2 N–H and O–H groups in total. The van der Waals surface area contributed by atoms with Gasteiger partial charge < -0.3 is 24.4 Å². The van der Waals surface area contributed by atoms with Gasteiger partial charge in [-0.25, -0.2) is 8.78 Å². The van der Waals surface area contributed by atoms with Crippen molar-refractivity contribution < 1.29 is 33.2 Å². The van der Waals surface area contributed by atoms with E-state index >= 15 is 0 Å². The molecule has 0 amide bonds. The number of alkyl halides is 2. The molecule has 1 fully saturated rings. The van der Waals surface area contributed by atoms with E-state index in [2.05, 4.69) is 0 Å². The second-order valence-electron chi connectivity index (χ2n) is 7.54. The number of halogens is 3. The van der Waals surface area contributed by atoms with E-state index in [0.717, 1.165) is 16.7 Å². The Morgan fingerprint density at radius 2 is 1.87 bits per heavy atom. The van der Waals surface area contributed by atoms with E-state index in [1.807, 2.05) is 42.5 Å². The number of hydrogen-bond donors (Lipinski definition) is 2.